The highest BCUT2D eigenvalue weighted by Gasteiger charge is 2.31. The highest BCUT2D eigenvalue weighted by molar-refractivity contribution is 5.85. The molecule has 1 saturated carbocycles. The summed E-state index contributed by atoms with van der Waals surface area (Å²) < 4.78 is 5.46. The van der Waals surface area contributed by atoms with Crippen LogP contribution in [0.3, 0.4) is 0 Å². The van der Waals surface area contributed by atoms with Crippen molar-refractivity contribution in [3.63, 3.8) is 0 Å². The molecule has 1 aliphatic carbocycles. The summed E-state index contributed by atoms with van der Waals surface area (Å²) in [7, 11) is 0. The number of rotatable bonds is 7. The first kappa shape index (κ1) is 31.5. The lowest BCUT2D eigenvalue weighted by Crippen LogP contribution is -2.49. The van der Waals surface area contributed by atoms with Crippen molar-refractivity contribution < 1.29 is 9.53 Å². The lowest BCUT2D eigenvalue weighted by atomic mass is 9.83. The molecule has 0 aromatic rings. The summed E-state index contributed by atoms with van der Waals surface area (Å²) in [6, 6.07) is 0.278. The second kappa shape index (κ2) is 17.0. The van der Waals surface area contributed by atoms with Crippen LogP contribution in [0.4, 0.5) is 4.79 Å². The quantitative estimate of drug-likeness (QED) is 0.403. The van der Waals surface area contributed by atoms with Gasteiger partial charge in [0.15, 0.2) is 0 Å². The van der Waals surface area contributed by atoms with E-state index in [-0.39, 0.29) is 24.5 Å². The summed E-state index contributed by atoms with van der Waals surface area (Å²) >= 11 is 0. The van der Waals surface area contributed by atoms with Crippen molar-refractivity contribution in [1.82, 2.24) is 15.5 Å². The first-order valence-corrected chi connectivity index (χ1v) is 14.2. The lowest BCUT2D eigenvalue weighted by molar-refractivity contribution is 0.0443. The smallest absolute Gasteiger partial charge is 0.407 e. The van der Waals surface area contributed by atoms with E-state index in [0.29, 0.717) is 5.92 Å². The van der Waals surface area contributed by atoms with Gasteiger partial charge in [-0.25, -0.2) is 4.79 Å². The van der Waals surface area contributed by atoms with E-state index in [1.54, 1.807) is 0 Å². The second-order valence-corrected chi connectivity index (χ2v) is 11.9. The van der Waals surface area contributed by atoms with Crippen LogP contribution in [0.1, 0.15) is 112 Å². The molecule has 0 radical (unpaired) electrons. The van der Waals surface area contributed by atoms with Gasteiger partial charge >= 0.3 is 6.09 Å². The third-order valence-corrected chi connectivity index (χ3v) is 7.50. The minimum Gasteiger partial charge on any atom is -0.444 e. The third-order valence-electron chi connectivity index (χ3n) is 7.50. The van der Waals surface area contributed by atoms with E-state index in [1.165, 1.54) is 96.8 Å². The van der Waals surface area contributed by atoms with Crippen molar-refractivity contribution in [3.8, 4) is 0 Å². The number of ether oxygens (including phenoxy) is 1. The average Bonchev–Trinajstić information content (AvgIpc) is 2.76. The highest BCUT2D eigenvalue weighted by Crippen LogP contribution is 2.28. The van der Waals surface area contributed by atoms with Crippen molar-refractivity contribution in [2.75, 3.05) is 32.7 Å². The number of hydrogen-bond acceptors (Lipinski definition) is 4. The lowest BCUT2D eigenvalue weighted by Gasteiger charge is -2.39. The Labute approximate surface area is 217 Å². The zero-order chi connectivity index (χ0) is 24.1. The second-order valence-electron chi connectivity index (χ2n) is 11.9. The van der Waals surface area contributed by atoms with E-state index < -0.39 is 5.60 Å². The van der Waals surface area contributed by atoms with E-state index in [2.05, 4.69) is 29.4 Å². The van der Waals surface area contributed by atoms with Gasteiger partial charge < -0.3 is 20.3 Å². The Morgan fingerprint density at radius 3 is 2.29 bits per heavy atom. The Balaban J connectivity index is 0.000000486. The molecule has 3 aliphatic rings. The summed E-state index contributed by atoms with van der Waals surface area (Å²) in [5.74, 6) is 2.44. The molecule has 0 bridgehead atoms. The molecule has 5 nitrogen and oxygen atoms in total. The molecule has 1 amide bonds. The molecule has 2 heterocycles. The van der Waals surface area contributed by atoms with Gasteiger partial charge in [0.25, 0.3) is 0 Å². The predicted octanol–water partition coefficient (Wildman–Crippen LogP) is 6.79. The predicted molar refractivity (Wildman–Crippen MR) is 147 cm³/mol. The molecule has 6 heteroatoms. The number of alkyl carbamates (subject to hydrolysis) is 1. The number of amides is 1. The largest absolute Gasteiger partial charge is 0.444 e. The minimum absolute atomic E-state index is 0. The van der Waals surface area contributed by atoms with Crippen LogP contribution < -0.4 is 10.6 Å². The minimum atomic E-state index is -0.422. The fraction of sp³-hybridized carbons (Fsp3) is 0.964. The topological polar surface area (TPSA) is 53.6 Å². The van der Waals surface area contributed by atoms with Gasteiger partial charge in [0, 0.05) is 19.1 Å². The molecule has 34 heavy (non-hydrogen) atoms. The van der Waals surface area contributed by atoms with Crippen LogP contribution in [0, 0.1) is 17.8 Å². The monoisotopic (exact) mass is 501 g/mol. The molecule has 2 N–H and O–H groups in total. The fourth-order valence-electron chi connectivity index (χ4n) is 5.95. The number of piperidine rings is 2. The van der Waals surface area contributed by atoms with Crippen LogP contribution in [-0.2, 0) is 4.74 Å². The summed E-state index contributed by atoms with van der Waals surface area (Å²) in [6.07, 6.45) is 15.6. The molecule has 0 aromatic carbocycles. The highest BCUT2D eigenvalue weighted by atomic mass is 35.5. The number of halogens is 1. The molecule has 4 atom stereocenters. The first-order valence-electron chi connectivity index (χ1n) is 14.2. The summed E-state index contributed by atoms with van der Waals surface area (Å²) in [5.41, 5.74) is -0.422. The SMILES string of the molecule is CCCC1CCCN(C[C@@H]2CCCC[C@H]2NC(=O)OC(C)(C)C)C1.CCCC1CCCNC1.Cl. The van der Waals surface area contributed by atoms with Crippen molar-refractivity contribution in [2.24, 2.45) is 17.8 Å². The van der Waals surface area contributed by atoms with Crippen molar-refractivity contribution in [3.05, 3.63) is 0 Å². The van der Waals surface area contributed by atoms with Crippen molar-refractivity contribution in [1.29, 1.82) is 0 Å². The molecular weight excluding hydrogens is 446 g/mol. The van der Waals surface area contributed by atoms with Gasteiger partial charge in [-0.05, 0) is 110 Å². The zero-order valence-corrected chi connectivity index (χ0v) is 23.8. The Morgan fingerprint density at radius 2 is 1.65 bits per heavy atom. The average molecular weight is 502 g/mol. The van der Waals surface area contributed by atoms with Crippen LogP contribution >= 0.6 is 12.4 Å². The summed E-state index contributed by atoms with van der Waals surface area (Å²) in [4.78, 5) is 14.8. The third kappa shape index (κ3) is 13.0. The summed E-state index contributed by atoms with van der Waals surface area (Å²) in [5, 5.41) is 6.58. The fourth-order valence-corrected chi connectivity index (χ4v) is 5.95. The van der Waals surface area contributed by atoms with Gasteiger partial charge in [-0.1, -0.05) is 39.5 Å². The molecule has 2 aliphatic heterocycles. The van der Waals surface area contributed by atoms with Gasteiger partial charge in [0.05, 0.1) is 0 Å². The van der Waals surface area contributed by atoms with E-state index in [4.69, 9.17) is 4.74 Å². The number of hydrogen-bond donors (Lipinski definition) is 2. The van der Waals surface area contributed by atoms with Gasteiger partial charge in [0.1, 0.15) is 5.60 Å². The van der Waals surface area contributed by atoms with Gasteiger partial charge in [-0.15, -0.1) is 12.4 Å². The zero-order valence-electron chi connectivity index (χ0n) is 23.0. The van der Waals surface area contributed by atoms with E-state index >= 15 is 0 Å². The number of likely N-dealkylation sites (tertiary alicyclic amines) is 1. The Kier molecular flexibility index (Phi) is 15.8. The molecule has 3 fully saturated rings. The van der Waals surface area contributed by atoms with E-state index in [1.807, 2.05) is 20.8 Å². The number of carbonyl (C=O) groups is 1. The summed E-state index contributed by atoms with van der Waals surface area (Å²) in [6.45, 7) is 16.5. The Hall–Kier alpha value is -0.520. The van der Waals surface area contributed by atoms with Crippen LogP contribution in [-0.4, -0.2) is 55.4 Å². The standard InChI is InChI=1S/C20H38N2O2.C8H17N.ClH/c1-5-9-16-10-8-13-22(14-16)15-17-11-6-7-12-18(17)21-19(23)24-20(2,3)4;1-2-4-8-5-3-6-9-7-8;/h16-18H,5-15H2,1-4H3,(H,21,23);8-9H,2-7H2,1H3;1H/t16?,17-,18+;;/m0../s1. The molecule has 202 valence electrons. The number of nitrogens with one attached hydrogen (secondary N) is 2. The van der Waals surface area contributed by atoms with Crippen LogP contribution in [0.25, 0.3) is 0 Å². The van der Waals surface area contributed by atoms with Crippen molar-refractivity contribution >= 4 is 18.5 Å². The van der Waals surface area contributed by atoms with Gasteiger partial charge in [-0.2, -0.15) is 0 Å². The number of nitrogens with zero attached hydrogens (tertiary/aromatic N) is 1. The van der Waals surface area contributed by atoms with E-state index in [0.717, 1.165) is 24.8 Å². The van der Waals surface area contributed by atoms with E-state index in [9.17, 15) is 4.79 Å². The number of carbonyl (C=O) groups excluding carboxylic acids is 1. The maximum Gasteiger partial charge on any atom is 0.407 e. The molecular formula is C28H56ClN3O2. The maximum atomic E-state index is 12.2. The molecule has 2 saturated heterocycles. The Bertz CT molecular complexity index is 529. The molecule has 0 spiro atoms. The van der Waals surface area contributed by atoms with Crippen LogP contribution in [0.5, 0.6) is 0 Å². The first-order chi connectivity index (χ1) is 15.8. The van der Waals surface area contributed by atoms with Crippen molar-refractivity contribution in [2.45, 2.75) is 123 Å². The molecule has 3 rings (SSSR count). The molecule has 2 unspecified atom stereocenters. The van der Waals surface area contributed by atoms with Gasteiger partial charge in [0.2, 0.25) is 0 Å². The maximum absolute atomic E-state index is 12.2. The Morgan fingerprint density at radius 1 is 0.971 bits per heavy atom. The normalized spacial score (nSPS) is 28.1. The van der Waals surface area contributed by atoms with Gasteiger partial charge in [-0.3, -0.25) is 0 Å². The molecule has 0 aromatic heterocycles. The van der Waals surface area contributed by atoms with Crippen LogP contribution in [0.2, 0.25) is 0 Å². The van der Waals surface area contributed by atoms with Crippen LogP contribution in [0.15, 0.2) is 0 Å².